The highest BCUT2D eigenvalue weighted by Crippen LogP contribution is 2.16. The Kier molecular flexibility index (Phi) is 4.97. The number of carbonyl (C=O) groups excluding carboxylic acids is 1. The van der Waals surface area contributed by atoms with Crippen molar-refractivity contribution in [1.82, 2.24) is 4.90 Å². The van der Waals surface area contributed by atoms with Gasteiger partial charge in [0.1, 0.15) is 0 Å². The largest absolute Gasteiger partial charge is 0.342 e. The number of anilines is 1. The zero-order valence-corrected chi connectivity index (χ0v) is 10.7. The highest BCUT2D eigenvalue weighted by atomic mass is 16.2. The fraction of sp³-hybridized carbons (Fsp3) is 0.462. The van der Waals surface area contributed by atoms with Gasteiger partial charge in [-0.1, -0.05) is 26.0 Å². The van der Waals surface area contributed by atoms with Crippen LogP contribution < -0.4 is 11.3 Å². The van der Waals surface area contributed by atoms with Crippen LogP contribution in [0.15, 0.2) is 24.3 Å². The first-order chi connectivity index (χ1) is 8.06. The third-order valence-electron chi connectivity index (χ3n) is 2.70. The Balaban J connectivity index is 2.74. The number of nitrogen functional groups attached to an aromatic ring is 1. The Bertz CT molecular complexity index is 377. The van der Waals surface area contributed by atoms with Crippen LogP contribution in [0.5, 0.6) is 0 Å². The third kappa shape index (κ3) is 3.75. The molecule has 0 fully saturated rings. The Hall–Kier alpha value is -1.55. The van der Waals surface area contributed by atoms with Crippen LogP contribution in [0.2, 0.25) is 0 Å². The fourth-order valence-electron chi connectivity index (χ4n) is 1.55. The van der Waals surface area contributed by atoms with Gasteiger partial charge >= 0.3 is 0 Å². The minimum atomic E-state index is -0.000741. The second kappa shape index (κ2) is 6.25. The molecule has 0 bridgehead atoms. The summed E-state index contributed by atoms with van der Waals surface area (Å²) in [6.45, 7) is 5.05. The first kappa shape index (κ1) is 13.5. The first-order valence-corrected chi connectivity index (χ1v) is 5.87. The maximum Gasteiger partial charge on any atom is 0.255 e. The van der Waals surface area contributed by atoms with E-state index in [0.29, 0.717) is 17.2 Å². The molecule has 0 aliphatic rings. The van der Waals surface area contributed by atoms with Gasteiger partial charge in [-0.2, -0.15) is 0 Å². The second-order valence-electron chi connectivity index (χ2n) is 4.60. The number of amides is 1. The molecule has 1 aromatic carbocycles. The number of nitrogens with zero attached hydrogens (tertiary/aromatic N) is 1. The fourth-order valence-corrected chi connectivity index (χ4v) is 1.55. The van der Waals surface area contributed by atoms with Gasteiger partial charge in [-0.15, -0.1) is 0 Å². The molecule has 1 aromatic rings. The zero-order valence-electron chi connectivity index (χ0n) is 10.7. The highest BCUT2D eigenvalue weighted by Gasteiger charge is 2.14. The number of rotatable bonds is 5. The van der Waals surface area contributed by atoms with Crippen LogP contribution in [0.25, 0.3) is 0 Å². The van der Waals surface area contributed by atoms with Crippen LogP contribution in [0.4, 0.5) is 5.69 Å². The van der Waals surface area contributed by atoms with Gasteiger partial charge < -0.3 is 10.3 Å². The Morgan fingerprint density at radius 1 is 1.41 bits per heavy atom. The zero-order chi connectivity index (χ0) is 12.8. The Labute approximate surface area is 103 Å². The van der Waals surface area contributed by atoms with Crippen molar-refractivity contribution >= 4 is 11.6 Å². The van der Waals surface area contributed by atoms with E-state index in [1.807, 2.05) is 19.2 Å². The SMILES string of the molecule is CC(C)CCN(C)C(=O)c1ccccc1NN. The van der Waals surface area contributed by atoms with E-state index in [9.17, 15) is 4.79 Å². The van der Waals surface area contributed by atoms with Crippen molar-refractivity contribution < 1.29 is 4.79 Å². The van der Waals surface area contributed by atoms with Crippen LogP contribution in [0.1, 0.15) is 30.6 Å². The number of benzene rings is 1. The molecular formula is C13H21N3O. The predicted molar refractivity (Wildman–Crippen MR) is 70.7 cm³/mol. The van der Waals surface area contributed by atoms with Gasteiger partial charge in [0.05, 0.1) is 11.3 Å². The van der Waals surface area contributed by atoms with Crippen LogP contribution >= 0.6 is 0 Å². The number of hydrogen-bond donors (Lipinski definition) is 2. The lowest BCUT2D eigenvalue weighted by Crippen LogP contribution is -2.29. The summed E-state index contributed by atoms with van der Waals surface area (Å²) in [4.78, 5) is 13.9. The molecule has 0 spiro atoms. The molecule has 0 unspecified atom stereocenters. The van der Waals surface area contributed by atoms with Crippen LogP contribution in [0.3, 0.4) is 0 Å². The first-order valence-electron chi connectivity index (χ1n) is 5.87. The van der Waals surface area contributed by atoms with E-state index in [1.54, 1.807) is 17.0 Å². The maximum atomic E-state index is 12.2. The molecule has 0 atom stereocenters. The van der Waals surface area contributed by atoms with Gasteiger partial charge in [0, 0.05) is 13.6 Å². The molecule has 94 valence electrons. The van der Waals surface area contributed by atoms with E-state index in [2.05, 4.69) is 19.3 Å². The molecule has 0 radical (unpaired) electrons. The molecule has 4 heteroatoms. The Morgan fingerprint density at radius 3 is 2.65 bits per heavy atom. The number of carbonyl (C=O) groups is 1. The smallest absolute Gasteiger partial charge is 0.255 e. The summed E-state index contributed by atoms with van der Waals surface area (Å²) in [7, 11) is 1.82. The van der Waals surface area contributed by atoms with Crippen molar-refractivity contribution in [2.45, 2.75) is 20.3 Å². The molecule has 17 heavy (non-hydrogen) atoms. The van der Waals surface area contributed by atoms with E-state index >= 15 is 0 Å². The van der Waals surface area contributed by atoms with Crippen molar-refractivity contribution in [2.24, 2.45) is 11.8 Å². The topological polar surface area (TPSA) is 58.4 Å². The Morgan fingerprint density at radius 2 is 2.06 bits per heavy atom. The van der Waals surface area contributed by atoms with Gasteiger partial charge in [0.25, 0.3) is 5.91 Å². The summed E-state index contributed by atoms with van der Waals surface area (Å²) >= 11 is 0. The molecule has 0 aliphatic carbocycles. The monoisotopic (exact) mass is 235 g/mol. The minimum absolute atomic E-state index is 0.000741. The lowest BCUT2D eigenvalue weighted by atomic mass is 10.1. The van der Waals surface area contributed by atoms with Gasteiger partial charge in [-0.25, -0.2) is 0 Å². The molecular weight excluding hydrogens is 214 g/mol. The van der Waals surface area contributed by atoms with Crippen molar-refractivity contribution in [3.05, 3.63) is 29.8 Å². The van der Waals surface area contributed by atoms with Crippen LogP contribution in [-0.2, 0) is 0 Å². The van der Waals surface area contributed by atoms with Gasteiger partial charge in [-0.05, 0) is 24.5 Å². The molecule has 0 aliphatic heterocycles. The lowest BCUT2D eigenvalue weighted by Gasteiger charge is -2.19. The highest BCUT2D eigenvalue weighted by molar-refractivity contribution is 5.99. The number of hydrazine groups is 1. The van der Waals surface area contributed by atoms with E-state index in [-0.39, 0.29) is 5.91 Å². The van der Waals surface area contributed by atoms with Crippen LogP contribution in [-0.4, -0.2) is 24.4 Å². The molecule has 1 amide bonds. The molecule has 3 N–H and O–H groups in total. The van der Waals surface area contributed by atoms with E-state index in [0.717, 1.165) is 13.0 Å². The molecule has 1 rings (SSSR count). The maximum absolute atomic E-state index is 12.2. The van der Waals surface area contributed by atoms with Crippen molar-refractivity contribution in [3.63, 3.8) is 0 Å². The molecule has 0 aromatic heterocycles. The normalized spacial score (nSPS) is 10.4. The molecule has 0 saturated heterocycles. The summed E-state index contributed by atoms with van der Waals surface area (Å²) in [5.41, 5.74) is 3.82. The lowest BCUT2D eigenvalue weighted by molar-refractivity contribution is 0.0790. The number of hydrogen-bond acceptors (Lipinski definition) is 3. The summed E-state index contributed by atoms with van der Waals surface area (Å²) in [5, 5.41) is 0. The van der Waals surface area contributed by atoms with Crippen molar-refractivity contribution in [3.8, 4) is 0 Å². The van der Waals surface area contributed by atoms with Gasteiger partial charge in [0.15, 0.2) is 0 Å². The minimum Gasteiger partial charge on any atom is -0.342 e. The van der Waals surface area contributed by atoms with Crippen LogP contribution in [0, 0.1) is 5.92 Å². The van der Waals surface area contributed by atoms with Gasteiger partial charge in [0.2, 0.25) is 0 Å². The number of para-hydroxylation sites is 1. The van der Waals surface area contributed by atoms with Crippen molar-refractivity contribution in [1.29, 1.82) is 0 Å². The van der Waals surface area contributed by atoms with Gasteiger partial charge in [-0.3, -0.25) is 10.6 Å². The van der Waals surface area contributed by atoms with E-state index < -0.39 is 0 Å². The molecule has 0 heterocycles. The van der Waals surface area contributed by atoms with Crippen molar-refractivity contribution in [2.75, 3.05) is 19.0 Å². The predicted octanol–water partition coefficient (Wildman–Crippen LogP) is 2.09. The standard InChI is InChI=1S/C13H21N3O/c1-10(2)8-9-16(3)13(17)11-6-4-5-7-12(11)15-14/h4-7,10,15H,8-9,14H2,1-3H3. The summed E-state index contributed by atoms with van der Waals surface area (Å²) < 4.78 is 0. The summed E-state index contributed by atoms with van der Waals surface area (Å²) in [5.74, 6) is 5.98. The third-order valence-corrected chi connectivity index (χ3v) is 2.70. The average molecular weight is 235 g/mol. The average Bonchev–Trinajstić information content (AvgIpc) is 2.34. The van der Waals surface area contributed by atoms with E-state index in [1.165, 1.54) is 0 Å². The molecule has 0 saturated carbocycles. The summed E-state index contributed by atoms with van der Waals surface area (Å²) in [6.07, 6.45) is 1.00. The van der Waals surface area contributed by atoms with E-state index in [4.69, 9.17) is 5.84 Å². The molecule has 4 nitrogen and oxygen atoms in total. The second-order valence-corrected chi connectivity index (χ2v) is 4.60. The number of nitrogens with one attached hydrogen (secondary N) is 1. The number of nitrogens with two attached hydrogens (primary N) is 1. The quantitative estimate of drug-likeness (QED) is 0.607. The summed E-state index contributed by atoms with van der Waals surface area (Å²) in [6, 6.07) is 7.26.